The predicted molar refractivity (Wildman–Crippen MR) is 250 cm³/mol. The molecular weight excluding hydrogens is 841 g/mol. The average Bonchev–Trinajstić information content (AvgIpc) is 3.97. The number of phenols is 1. The van der Waals surface area contributed by atoms with Crippen LogP contribution < -0.4 is 20.9 Å². The van der Waals surface area contributed by atoms with E-state index in [-0.39, 0.29) is 41.0 Å². The Bertz CT molecular complexity index is 2290. The van der Waals surface area contributed by atoms with Gasteiger partial charge in [-0.15, -0.1) is 22.7 Å². The van der Waals surface area contributed by atoms with E-state index in [0.717, 1.165) is 24.0 Å². The van der Waals surface area contributed by atoms with Gasteiger partial charge >= 0.3 is 5.97 Å². The second-order valence-corrected chi connectivity index (χ2v) is 24.8. The summed E-state index contributed by atoms with van der Waals surface area (Å²) >= 11 is 2.67. The second kappa shape index (κ2) is 19.6. The fraction of sp³-hybridized carbons (Fsp3) is 0.468. The Hall–Kier alpha value is -4.35. The highest BCUT2D eigenvalue weighted by atomic mass is 32.1. The quantitative estimate of drug-likeness (QED) is 0.0331. The number of aromatic hydroxyl groups is 1. The molecule has 0 saturated heterocycles. The number of phenolic OH excluding ortho intramolecular Hbond substituents is 1. The van der Waals surface area contributed by atoms with E-state index < -0.39 is 25.6 Å². The van der Waals surface area contributed by atoms with Crippen LogP contribution in [-0.2, 0) is 36.5 Å². The summed E-state index contributed by atoms with van der Waals surface area (Å²) in [6.07, 6.45) is 3.50. The third kappa shape index (κ3) is 11.0. The van der Waals surface area contributed by atoms with Crippen LogP contribution in [-0.4, -0.2) is 85.2 Å². The molecule has 1 fully saturated rings. The van der Waals surface area contributed by atoms with Gasteiger partial charge in [0.25, 0.3) is 5.91 Å². The van der Waals surface area contributed by atoms with E-state index in [9.17, 15) is 24.6 Å². The largest absolute Gasteiger partial charge is 0.506 e. The number of thiophene rings is 2. The number of nitrogens with one attached hydrogen (secondary N) is 3. The predicted octanol–water partition coefficient (Wildman–Crippen LogP) is 7.99. The van der Waals surface area contributed by atoms with E-state index >= 15 is 0 Å². The standard InChI is InChI=1S/C47H62N4O8S2Si/c1-31(50-46(5,59-62(7,8)45(2,3)4)37-22-23-38(52)43-36(37)21-24-41(53)49-43)29-32-13-17-34(18-14-32)57-30-42(54)48-25-26-51(6)33-15-19-35(20-16-33)58-44(55)47(56,39-11-9-27-60-39)40-12-10-28-61-40/h9-14,17-18,21-24,27-28,31,33,35,50,52,56H,15-16,19-20,25-26,29-30H2,1-8H3,(H,48,54)(H,49,53). The van der Waals surface area contributed by atoms with Gasteiger partial charge < -0.3 is 39.3 Å². The first kappa shape index (κ1) is 47.1. The molecule has 5 aromatic rings. The molecule has 3 aromatic heterocycles. The molecule has 62 heavy (non-hydrogen) atoms. The first-order valence-corrected chi connectivity index (χ1v) is 26.0. The third-order valence-corrected chi connectivity index (χ3v) is 18.9. The van der Waals surface area contributed by atoms with Crippen molar-refractivity contribution in [1.82, 2.24) is 20.5 Å². The van der Waals surface area contributed by atoms with Crippen molar-refractivity contribution in [3.63, 3.8) is 0 Å². The molecule has 15 heteroatoms. The molecule has 6 rings (SSSR count). The van der Waals surface area contributed by atoms with Crippen LogP contribution >= 0.6 is 22.7 Å². The highest BCUT2D eigenvalue weighted by Gasteiger charge is 2.46. The van der Waals surface area contributed by atoms with Crippen molar-refractivity contribution < 1.29 is 33.7 Å². The van der Waals surface area contributed by atoms with Crippen molar-refractivity contribution in [1.29, 1.82) is 0 Å². The van der Waals surface area contributed by atoms with E-state index in [1.807, 2.05) is 67.2 Å². The molecule has 0 radical (unpaired) electrons. The number of hydrogen-bond acceptors (Lipinski definition) is 12. The lowest BCUT2D eigenvalue weighted by Crippen LogP contribution is -2.55. The number of carbonyl (C=O) groups is 2. The zero-order valence-corrected chi connectivity index (χ0v) is 39.7. The Labute approximate surface area is 373 Å². The molecule has 2 aromatic carbocycles. The number of aliphatic hydroxyl groups is 1. The number of fused-ring (bicyclic) bond motifs is 1. The summed E-state index contributed by atoms with van der Waals surface area (Å²) in [6.45, 7) is 16.2. The molecule has 2 unspecified atom stereocenters. The molecule has 1 aliphatic carbocycles. The van der Waals surface area contributed by atoms with Crippen molar-refractivity contribution in [3.05, 3.63) is 115 Å². The Kier molecular flexibility index (Phi) is 14.9. The minimum Gasteiger partial charge on any atom is -0.506 e. The number of H-pyrrole nitrogens is 1. The van der Waals surface area contributed by atoms with Crippen LogP contribution in [0.5, 0.6) is 11.5 Å². The average molecular weight is 903 g/mol. The molecule has 1 amide bonds. The number of benzene rings is 2. The molecule has 1 aliphatic rings. The number of aromatic amines is 1. The van der Waals surface area contributed by atoms with Gasteiger partial charge in [-0.2, -0.15) is 0 Å². The summed E-state index contributed by atoms with van der Waals surface area (Å²) in [6, 6.07) is 21.8. The van der Waals surface area contributed by atoms with Crippen molar-refractivity contribution in [2.45, 2.75) is 114 Å². The number of carbonyl (C=O) groups excluding carboxylic acids is 2. The Morgan fingerprint density at radius 3 is 2.18 bits per heavy atom. The van der Waals surface area contributed by atoms with E-state index in [2.05, 4.69) is 61.3 Å². The second-order valence-electron chi connectivity index (χ2n) is 18.2. The maximum Gasteiger partial charge on any atom is 0.349 e. The van der Waals surface area contributed by atoms with Crippen LogP contribution in [0, 0.1) is 0 Å². The third-order valence-electron chi connectivity index (χ3n) is 12.4. The van der Waals surface area contributed by atoms with Gasteiger partial charge in [-0.1, -0.05) is 51.1 Å². The van der Waals surface area contributed by atoms with Crippen LogP contribution in [0.1, 0.15) is 81.2 Å². The van der Waals surface area contributed by atoms with E-state index in [4.69, 9.17) is 13.9 Å². The van der Waals surface area contributed by atoms with Gasteiger partial charge in [-0.25, -0.2) is 4.79 Å². The fourth-order valence-corrected chi connectivity index (χ4v) is 11.2. The van der Waals surface area contributed by atoms with E-state index in [1.54, 1.807) is 24.3 Å². The van der Waals surface area contributed by atoms with Crippen LogP contribution in [0.15, 0.2) is 88.4 Å². The van der Waals surface area contributed by atoms with Gasteiger partial charge in [0.1, 0.15) is 23.3 Å². The number of pyridine rings is 1. The zero-order chi connectivity index (χ0) is 44.9. The Morgan fingerprint density at radius 1 is 0.935 bits per heavy atom. The van der Waals surface area contributed by atoms with E-state index in [1.165, 1.54) is 28.7 Å². The number of aromatic nitrogens is 1. The van der Waals surface area contributed by atoms with Crippen LogP contribution in [0.4, 0.5) is 0 Å². The molecule has 2 atom stereocenters. The monoisotopic (exact) mass is 902 g/mol. The molecule has 0 spiro atoms. The van der Waals surface area contributed by atoms with Crippen molar-refractivity contribution in [2.75, 3.05) is 26.7 Å². The van der Waals surface area contributed by atoms with Gasteiger partial charge in [-0.05, 0) is 124 Å². The van der Waals surface area contributed by atoms with Crippen molar-refractivity contribution in [3.8, 4) is 11.5 Å². The highest BCUT2D eigenvalue weighted by Crippen LogP contribution is 2.43. The van der Waals surface area contributed by atoms with Gasteiger partial charge in [0, 0.05) is 42.2 Å². The summed E-state index contributed by atoms with van der Waals surface area (Å²) in [5.74, 6) is -0.233. The highest BCUT2D eigenvalue weighted by molar-refractivity contribution is 7.12. The maximum absolute atomic E-state index is 13.4. The lowest BCUT2D eigenvalue weighted by molar-refractivity contribution is -0.169. The molecule has 0 bridgehead atoms. The number of hydrogen-bond donors (Lipinski definition) is 5. The molecule has 0 aliphatic heterocycles. The van der Waals surface area contributed by atoms with Crippen LogP contribution in [0.25, 0.3) is 10.9 Å². The number of likely N-dealkylation sites (N-methyl/N-ethyl adjacent to an activating group) is 1. The smallest absolute Gasteiger partial charge is 0.349 e. The summed E-state index contributed by atoms with van der Waals surface area (Å²) in [5, 5.41) is 33.2. The normalized spacial score (nSPS) is 17.7. The fourth-order valence-electron chi connectivity index (χ4n) is 7.96. The Morgan fingerprint density at radius 2 is 1.58 bits per heavy atom. The Balaban J connectivity index is 0.951. The van der Waals surface area contributed by atoms with Gasteiger partial charge in [0.05, 0.1) is 15.3 Å². The van der Waals surface area contributed by atoms with Gasteiger partial charge in [0.2, 0.25) is 11.2 Å². The van der Waals surface area contributed by atoms with Gasteiger partial charge in [0.15, 0.2) is 14.9 Å². The first-order valence-electron chi connectivity index (χ1n) is 21.3. The summed E-state index contributed by atoms with van der Waals surface area (Å²) in [5.41, 5.74) is -0.771. The number of rotatable bonds is 18. The summed E-state index contributed by atoms with van der Waals surface area (Å²) in [7, 11) is -0.290. The topological polar surface area (TPSA) is 162 Å². The molecule has 5 N–H and O–H groups in total. The molecule has 1 saturated carbocycles. The molecule has 12 nitrogen and oxygen atoms in total. The van der Waals surface area contributed by atoms with Crippen molar-refractivity contribution in [2.24, 2.45) is 0 Å². The van der Waals surface area contributed by atoms with E-state index in [0.29, 0.717) is 64.8 Å². The van der Waals surface area contributed by atoms with Gasteiger partial charge in [-0.3, -0.25) is 14.9 Å². The van der Waals surface area contributed by atoms with Crippen LogP contribution in [0.2, 0.25) is 18.1 Å². The summed E-state index contributed by atoms with van der Waals surface area (Å²) < 4.78 is 18.9. The summed E-state index contributed by atoms with van der Waals surface area (Å²) in [4.78, 5) is 44.5. The first-order chi connectivity index (χ1) is 29.3. The minimum absolute atomic E-state index is 0.000710. The maximum atomic E-state index is 13.4. The molecular formula is C47H62N4O8S2Si. The minimum atomic E-state index is -2.34. The number of amides is 1. The van der Waals surface area contributed by atoms with Crippen molar-refractivity contribution >= 4 is 53.8 Å². The van der Waals surface area contributed by atoms with Crippen LogP contribution in [0.3, 0.4) is 0 Å². The number of ether oxygens (including phenoxy) is 2. The zero-order valence-electron chi connectivity index (χ0n) is 37.1. The number of nitrogens with zero attached hydrogens (tertiary/aromatic N) is 1. The molecule has 3 heterocycles. The number of esters is 1. The molecule has 334 valence electrons. The SMILES string of the molecule is CC(Cc1ccc(OCC(=O)NCCN(C)C2CCC(OC(=O)C(O)(c3cccs3)c3cccs3)CC2)cc1)NC(C)(O[Si](C)(C)C(C)(C)C)c1ccc(O)c2[nH]c(=O)ccc12. The lowest BCUT2D eigenvalue weighted by atomic mass is 9.91. The lowest BCUT2D eigenvalue weighted by Gasteiger charge is -2.46.